The van der Waals surface area contributed by atoms with Crippen molar-refractivity contribution in [2.24, 2.45) is 0 Å². The fraction of sp³-hybridized carbons (Fsp3) is 1.00. The van der Waals surface area contributed by atoms with Crippen molar-refractivity contribution in [3.63, 3.8) is 0 Å². The average molecular weight is 100 g/mol. The Labute approximate surface area is 42.8 Å². The molecule has 35 valence electrons. The Bertz CT molecular complexity index is 28.7. The highest BCUT2D eigenvalue weighted by Crippen LogP contribution is 1.74. The van der Waals surface area contributed by atoms with Crippen molar-refractivity contribution in [3.8, 4) is 0 Å². The molecule has 0 heterocycles. The molecule has 0 aliphatic carbocycles. The van der Waals surface area contributed by atoms with Crippen LogP contribution in [0.5, 0.6) is 0 Å². The monoisotopic (exact) mass is 100 g/mol. The molecular formula is C4H10NSi. The Morgan fingerprint density at radius 1 is 1.50 bits per heavy atom. The number of nitrogens with zero attached hydrogens (tertiary/aromatic N) is 1. The van der Waals surface area contributed by atoms with Gasteiger partial charge in [0.15, 0.2) is 0 Å². The molecule has 0 amide bonds. The fourth-order valence-electron chi connectivity index (χ4n) is 0.224. The Hall–Kier alpha value is 0.177. The van der Waals surface area contributed by atoms with Crippen molar-refractivity contribution in [2.75, 3.05) is 20.6 Å². The molecule has 0 aromatic carbocycles. The minimum Gasteiger partial charge on any atom is -0.310 e. The smallest absolute Gasteiger partial charge is 0.0238 e. The second-order valence-corrected chi connectivity index (χ2v) is 2.05. The summed E-state index contributed by atoms with van der Waals surface area (Å²) in [5, 5.41) is 0. The zero-order chi connectivity index (χ0) is 4.99. The van der Waals surface area contributed by atoms with E-state index in [1.54, 1.807) is 0 Å². The zero-order valence-electron chi connectivity index (χ0n) is 4.36. The van der Waals surface area contributed by atoms with E-state index in [4.69, 9.17) is 0 Å². The molecular weight excluding hydrogens is 90.1 g/mol. The lowest BCUT2D eigenvalue weighted by Crippen LogP contribution is -2.11. The van der Waals surface area contributed by atoms with Gasteiger partial charge in [0, 0.05) is 10.2 Å². The molecule has 3 radical (unpaired) electrons. The molecule has 0 aromatic rings. The van der Waals surface area contributed by atoms with E-state index in [0.717, 1.165) is 12.6 Å². The van der Waals surface area contributed by atoms with Gasteiger partial charge in [-0.25, -0.2) is 0 Å². The van der Waals surface area contributed by atoms with Gasteiger partial charge in [0.25, 0.3) is 0 Å². The molecule has 0 saturated carbocycles. The molecule has 0 rings (SSSR count). The van der Waals surface area contributed by atoms with E-state index in [0.29, 0.717) is 0 Å². The Balaban J connectivity index is 2.63. The van der Waals surface area contributed by atoms with Crippen LogP contribution in [0.25, 0.3) is 0 Å². The third kappa shape index (κ3) is 4.18. The van der Waals surface area contributed by atoms with Crippen LogP contribution in [0.1, 0.15) is 0 Å². The number of rotatable bonds is 2. The summed E-state index contributed by atoms with van der Waals surface area (Å²) in [4.78, 5) is 2.13. The standard InChI is InChI=1S/C4H10NSi/c1-5(2)3-4-6/h3-4H2,1-2H3. The minimum absolute atomic E-state index is 1.06. The first-order chi connectivity index (χ1) is 2.77. The predicted octanol–water partition coefficient (Wildman–Crippen LogP) is 0.135. The lowest BCUT2D eigenvalue weighted by molar-refractivity contribution is 0.434. The van der Waals surface area contributed by atoms with Crippen LogP contribution < -0.4 is 0 Å². The van der Waals surface area contributed by atoms with Gasteiger partial charge in [0.05, 0.1) is 0 Å². The third-order valence-corrected chi connectivity index (χ3v) is 0.783. The first-order valence-corrected chi connectivity index (χ1v) is 2.77. The van der Waals surface area contributed by atoms with Crippen LogP contribution in [0.3, 0.4) is 0 Å². The summed E-state index contributed by atoms with van der Waals surface area (Å²) in [6, 6.07) is 1.06. The molecule has 0 aliphatic heterocycles. The predicted molar refractivity (Wildman–Crippen MR) is 29.1 cm³/mol. The van der Waals surface area contributed by atoms with Crippen LogP contribution in [-0.4, -0.2) is 35.8 Å². The maximum Gasteiger partial charge on any atom is 0.0238 e. The Kier molecular flexibility index (Phi) is 3.47. The van der Waals surface area contributed by atoms with Gasteiger partial charge >= 0.3 is 0 Å². The number of hydrogen-bond acceptors (Lipinski definition) is 1. The maximum absolute atomic E-state index is 3.35. The van der Waals surface area contributed by atoms with Crippen molar-refractivity contribution in [3.05, 3.63) is 0 Å². The molecule has 1 nitrogen and oxygen atoms in total. The normalized spacial score (nSPS) is 10.0. The third-order valence-electron chi connectivity index (χ3n) is 0.559. The molecule has 0 saturated heterocycles. The molecule has 0 spiro atoms. The van der Waals surface area contributed by atoms with Gasteiger partial charge in [-0.2, -0.15) is 0 Å². The van der Waals surface area contributed by atoms with Gasteiger partial charge < -0.3 is 4.90 Å². The number of hydrogen-bond donors (Lipinski definition) is 0. The lowest BCUT2D eigenvalue weighted by Gasteiger charge is -2.03. The van der Waals surface area contributed by atoms with Gasteiger partial charge in [-0.3, -0.25) is 0 Å². The molecule has 0 aliphatic rings. The van der Waals surface area contributed by atoms with E-state index in [2.05, 4.69) is 29.2 Å². The van der Waals surface area contributed by atoms with Crippen molar-refractivity contribution in [2.45, 2.75) is 6.04 Å². The summed E-state index contributed by atoms with van der Waals surface area (Å²) >= 11 is 0. The Morgan fingerprint density at radius 3 is 2.00 bits per heavy atom. The van der Waals surface area contributed by atoms with E-state index >= 15 is 0 Å². The van der Waals surface area contributed by atoms with E-state index in [-0.39, 0.29) is 0 Å². The summed E-state index contributed by atoms with van der Waals surface area (Å²) in [6.07, 6.45) is 0. The molecule has 0 aromatic heterocycles. The van der Waals surface area contributed by atoms with E-state index < -0.39 is 0 Å². The lowest BCUT2D eigenvalue weighted by atomic mass is 10.7. The van der Waals surface area contributed by atoms with E-state index in [9.17, 15) is 0 Å². The molecule has 0 atom stereocenters. The molecule has 6 heavy (non-hydrogen) atoms. The largest absolute Gasteiger partial charge is 0.310 e. The van der Waals surface area contributed by atoms with Crippen LogP contribution in [0.15, 0.2) is 0 Å². The Morgan fingerprint density at radius 2 is 2.00 bits per heavy atom. The van der Waals surface area contributed by atoms with Gasteiger partial charge in [0.1, 0.15) is 0 Å². The van der Waals surface area contributed by atoms with Crippen LogP contribution in [-0.2, 0) is 0 Å². The highest BCUT2D eigenvalue weighted by molar-refractivity contribution is 6.08. The van der Waals surface area contributed by atoms with Crippen molar-refractivity contribution in [1.82, 2.24) is 4.90 Å². The maximum atomic E-state index is 3.35. The van der Waals surface area contributed by atoms with Crippen LogP contribution in [0.4, 0.5) is 0 Å². The zero-order valence-corrected chi connectivity index (χ0v) is 5.36. The van der Waals surface area contributed by atoms with Crippen molar-refractivity contribution < 1.29 is 0 Å². The first kappa shape index (κ1) is 6.18. The summed E-state index contributed by atoms with van der Waals surface area (Å²) in [7, 11) is 7.46. The summed E-state index contributed by atoms with van der Waals surface area (Å²) in [5.41, 5.74) is 0. The highest BCUT2D eigenvalue weighted by atomic mass is 28.1. The van der Waals surface area contributed by atoms with Gasteiger partial charge in [0.2, 0.25) is 0 Å². The van der Waals surface area contributed by atoms with Crippen molar-refractivity contribution in [1.29, 1.82) is 0 Å². The molecule has 2 heteroatoms. The second-order valence-electron chi connectivity index (χ2n) is 1.55. The van der Waals surface area contributed by atoms with Crippen molar-refractivity contribution >= 4 is 10.2 Å². The van der Waals surface area contributed by atoms with E-state index in [1.807, 2.05) is 0 Å². The highest BCUT2D eigenvalue weighted by Gasteiger charge is 1.79. The summed E-state index contributed by atoms with van der Waals surface area (Å²) in [5.74, 6) is 0. The van der Waals surface area contributed by atoms with E-state index in [1.165, 1.54) is 0 Å². The molecule has 0 bridgehead atoms. The van der Waals surface area contributed by atoms with Gasteiger partial charge in [-0.1, -0.05) is 6.04 Å². The topological polar surface area (TPSA) is 3.24 Å². The van der Waals surface area contributed by atoms with Crippen LogP contribution >= 0.6 is 0 Å². The quantitative estimate of drug-likeness (QED) is 0.446. The fourth-order valence-corrected chi connectivity index (χ4v) is 0.671. The molecule has 0 N–H and O–H groups in total. The van der Waals surface area contributed by atoms with Gasteiger partial charge in [-0.05, 0) is 20.6 Å². The van der Waals surface area contributed by atoms with Gasteiger partial charge in [-0.15, -0.1) is 0 Å². The summed E-state index contributed by atoms with van der Waals surface area (Å²) in [6.45, 7) is 1.12. The molecule has 0 fully saturated rings. The second kappa shape index (κ2) is 3.37. The minimum atomic E-state index is 1.06. The average Bonchev–Trinajstić information content (AvgIpc) is 1.35. The SMILES string of the molecule is CN(C)CC[Si]. The van der Waals surface area contributed by atoms with Crippen LogP contribution in [0.2, 0.25) is 6.04 Å². The first-order valence-electron chi connectivity index (χ1n) is 2.06. The summed E-state index contributed by atoms with van der Waals surface area (Å²) < 4.78 is 0. The van der Waals surface area contributed by atoms with Crippen LogP contribution in [0, 0.1) is 0 Å². The molecule has 0 unspecified atom stereocenters.